The van der Waals surface area contributed by atoms with Gasteiger partial charge < -0.3 is 9.47 Å². The second-order valence-corrected chi connectivity index (χ2v) is 5.17. The Balaban J connectivity index is 1.96. The third-order valence-electron chi connectivity index (χ3n) is 3.46. The Labute approximate surface area is 141 Å². The second kappa shape index (κ2) is 8.67. The number of carbonyl (C=O) groups excluding carboxylic acids is 2. The van der Waals surface area contributed by atoms with E-state index in [0.29, 0.717) is 25.2 Å². The van der Waals surface area contributed by atoms with Gasteiger partial charge in [-0.15, -0.1) is 0 Å². The normalized spacial score (nSPS) is 10.0. The summed E-state index contributed by atoms with van der Waals surface area (Å²) in [6.45, 7) is 5.45. The number of carbonyl (C=O) groups is 2. The highest BCUT2D eigenvalue weighted by Crippen LogP contribution is 2.23. The van der Waals surface area contributed by atoms with Crippen LogP contribution in [0, 0.1) is 0 Å². The zero-order chi connectivity index (χ0) is 17.4. The van der Waals surface area contributed by atoms with Gasteiger partial charge in [0.25, 0.3) is 0 Å². The molecule has 0 amide bonds. The monoisotopic (exact) mass is 324 g/mol. The Morgan fingerprint density at radius 3 is 2.12 bits per heavy atom. The van der Waals surface area contributed by atoms with Crippen LogP contribution in [0.15, 0.2) is 61.2 Å². The molecule has 2 aromatic rings. The summed E-state index contributed by atoms with van der Waals surface area (Å²) in [5, 5.41) is 0. The van der Waals surface area contributed by atoms with Gasteiger partial charge in [-0.3, -0.25) is 4.79 Å². The van der Waals surface area contributed by atoms with Crippen LogP contribution >= 0.6 is 0 Å². The molecule has 2 aromatic carbocycles. The minimum atomic E-state index is -0.407. The summed E-state index contributed by atoms with van der Waals surface area (Å²) < 4.78 is 10.1. The van der Waals surface area contributed by atoms with Gasteiger partial charge in [-0.25, -0.2) is 4.79 Å². The van der Waals surface area contributed by atoms with Crippen molar-refractivity contribution in [1.82, 2.24) is 0 Å². The van der Waals surface area contributed by atoms with Crippen molar-refractivity contribution in [3.63, 3.8) is 0 Å². The number of hydrogen-bond acceptors (Lipinski definition) is 4. The average molecular weight is 324 g/mol. The summed E-state index contributed by atoms with van der Waals surface area (Å²) in [7, 11) is 0. The third kappa shape index (κ3) is 5.09. The van der Waals surface area contributed by atoms with Crippen LogP contribution in [0.5, 0.6) is 5.75 Å². The van der Waals surface area contributed by atoms with Crippen molar-refractivity contribution in [2.24, 2.45) is 0 Å². The van der Waals surface area contributed by atoms with Gasteiger partial charge in [0, 0.05) is 18.9 Å². The van der Waals surface area contributed by atoms with Crippen LogP contribution in [0.3, 0.4) is 0 Å². The predicted molar refractivity (Wildman–Crippen MR) is 92.7 cm³/mol. The standard InChI is InChI=1S/C20H20O4/c1-3-19(21)23-14-13-15-5-7-16(8-6-15)17-9-11-18(12-10-17)24-20(22)4-2/h3,5-12H,1,4,13-14H2,2H3. The molecule has 0 aliphatic rings. The minimum Gasteiger partial charge on any atom is -0.462 e. The zero-order valence-electron chi connectivity index (χ0n) is 13.7. The lowest BCUT2D eigenvalue weighted by Gasteiger charge is -2.07. The Hall–Kier alpha value is -2.88. The molecule has 124 valence electrons. The molecule has 0 saturated carbocycles. The minimum absolute atomic E-state index is 0.246. The molecular weight excluding hydrogens is 304 g/mol. The molecule has 4 heteroatoms. The molecule has 24 heavy (non-hydrogen) atoms. The van der Waals surface area contributed by atoms with Crippen LogP contribution in [0.4, 0.5) is 0 Å². The SMILES string of the molecule is C=CC(=O)OCCc1ccc(-c2ccc(OC(=O)CC)cc2)cc1. The zero-order valence-corrected chi connectivity index (χ0v) is 13.7. The van der Waals surface area contributed by atoms with Crippen LogP contribution in [0.2, 0.25) is 0 Å². The maximum atomic E-state index is 11.3. The molecule has 0 aliphatic carbocycles. The summed E-state index contributed by atoms with van der Waals surface area (Å²) in [6, 6.07) is 15.4. The van der Waals surface area contributed by atoms with E-state index in [9.17, 15) is 9.59 Å². The lowest BCUT2D eigenvalue weighted by atomic mass is 10.0. The van der Waals surface area contributed by atoms with E-state index in [1.165, 1.54) is 0 Å². The van der Waals surface area contributed by atoms with E-state index in [1.807, 2.05) is 36.4 Å². The maximum absolute atomic E-state index is 11.3. The number of rotatable bonds is 7. The number of esters is 2. The lowest BCUT2D eigenvalue weighted by Crippen LogP contribution is -2.05. The first kappa shape index (κ1) is 17.5. The lowest BCUT2D eigenvalue weighted by molar-refractivity contribution is -0.137. The largest absolute Gasteiger partial charge is 0.462 e. The summed E-state index contributed by atoms with van der Waals surface area (Å²) >= 11 is 0. The molecule has 0 bridgehead atoms. The Bertz CT molecular complexity index is 699. The Morgan fingerprint density at radius 1 is 1.00 bits per heavy atom. The maximum Gasteiger partial charge on any atom is 0.330 e. The Morgan fingerprint density at radius 2 is 1.58 bits per heavy atom. The van der Waals surface area contributed by atoms with Gasteiger partial charge in [-0.1, -0.05) is 49.9 Å². The Kier molecular flexibility index (Phi) is 6.32. The van der Waals surface area contributed by atoms with Crippen molar-refractivity contribution >= 4 is 11.9 Å². The second-order valence-electron chi connectivity index (χ2n) is 5.17. The molecule has 0 unspecified atom stereocenters. The summed E-state index contributed by atoms with van der Waals surface area (Å²) in [6.07, 6.45) is 2.17. The summed E-state index contributed by atoms with van der Waals surface area (Å²) in [5.41, 5.74) is 3.19. The third-order valence-corrected chi connectivity index (χ3v) is 3.46. The average Bonchev–Trinajstić information content (AvgIpc) is 2.62. The smallest absolute Gasteiger partial charge is 0.330 e. The van der Waals surface area contributed by atoms with E-state index >= 15 is 0 Å². The van der Waals surface area contributed by atoms with E-state index in [2.05, 4.69) is 6.58 Å². The van der Waals surface area contributed by atoms with Crippen molar-refractivity contribution in [1.29, 1.82) is 0 Å². The van der Waals surface area contributed by atoms with Crippen molar-refractivity contribution in [2.45, 2.75) is 19.8 Å². The number of hydrogen-bond donors (Lipinski definition) is 0. The molecule has 0 N–H and O–H groups in total. The van der Waals surface area contributed by atoms with Crippen molar-refractivity contribution in [3.05, 3.63) is 66.7 Å². The molecular formula is C20H20O4. The molecule has 0 aliphatic heterocycles. The van der Waals surface area contributed by atoms with Gasteiger partial charge in [0.1, 0.15) is 5.75 Å². The topological polar surface area (TPSA) is 52.6 Å². The molecule has 0 heterocycles. The molecule has 4 nitrogen and oxygen atoms in total. The number of ether oxygens (including phenoxy) is 2. The van der Waals surface area contributed by atoms with Gasteiger partial charge in [0.15, 0.2) is 0 Å². The highest BCUT2D eigenvalue weighted by atomic mass is 16.5. The highest BCUT2D eigenvalue weighted by molar-refractivity contribution is 5.81. The fourth-order valence-corrected chi connectivity index (χ4v) is 2.11. The van der Waals surface area contributed by atoms with E-state index < -0.39 is 5.97 Å². The number of benzene rings is 2. The van der Waals surface area contributed by atoms with Gasteiger partial charge in [0.2, 0.25) is 0 Å². The van der Waals surface area contributed by atoms with E-state index in [0.717, 1.165) is 22.8 Å². The van der Waals surface area contributed by atoms with Crippen molar-refractivity contribution in [2.75, 3.05) is 6.61 Å². The first-order chi connectivity index (χ1) is 11.6. The van der Waals surface area contributed by atoms with Crippen molar-refractivity contribution < 1.29 is 19.1 Å². The summed E-state index contributed by atoms with van der Waals surface area (Å²) in [4.78, 5) is 22.2. The van der Waals surface area contributed by atoms with Crippen LogP contribution < -0.4 is 4.74 Å². The van der Waals surface area contributed by atoms with E-state index in [1.54, 1.807) is 19.1 Å². The molecule has 0 saturated heterocycles. The van der Waals surface area contributed by atoms with Gasteiger partial charge in [0.05, 0.1) is 6.61 Å². The molecule has 0 radical (unpaired) electrons. The van der Waals surface area contributed by atoms with Crippen LogP contribution in [-0.4, -0.2) is 18.5 Å². The first-order valence-corrected chi connectivity index (χ1v) is 7.81. The van der Waals surface area contributed by atoms with Crippen LogP contribution in [-0.2, 0) is 20.7 Å². The van der Waals surface area contributed by atoms with Gasteiger partial charge in [-0.2, -0.15) is 0 Å². The molecule has 0 fully saturated rings. The summed E-state index contributed by atoms with van der Waals surface area (Å²) in [5.74, 6) is -0.106. The fourth-order valence-electron chi connectivity index (χ4n) is 2.11. The molecule has 0 aromatic heterocycles. The molecule has 0 atom stereocenters. The van der Waals surface area contributed by atoms with Gasteiger partial charge in [-0.05, 0) is 28.8 Å². The first-order valence-electron chi connectivity index (χ1n) is 7.81. The molecule has 2 rings (SSSR count). The van der Waals surface area contributed by atoms with Crippen LogP contribution in [0.1, 0.15) is 18.9 Å². The van der Waals surface area contributed by atoms with Crippen molar-refractivity contribution in [3.8, 4) is 16.9 Å². The van der Waals surface area contributed by atoms with Crippen LogP contribution in [0.25, 0.3) is 11.1 Å². The highest BCUT2D eigenvalue weighted by Gasteiger charge is 2.03. The van der Waals surface area contributed by atoms with Gasteiger partial charge >= 0.3 is 11.9 Å². The fraction of sp³-hybridized carbons (Fsp3) is 0.200. The molecule has 0 spiro atoms. The van der Waals surface area contributed by atoms with E-state index in [-0.39, 0.29) is 5.97 Å². The predicted octanol–water partition coefficient (Wildman–Crippen LogP) is 3.94. The quantitative estimate of drug-likeness (QED) is 0.440. The van der Waals surface area contributed by atoms with E-state index in [4.69, 9.17) is 9.47 Å².